The van der Waals surface area contributed by atoms with Crippen LogP contribution in [0.15, 0.2) is 12.1 Å². The van der Waals surface area contributed by atoms with Crippen molar-refractivity contribution in [2.24, 2.45) is 0 Å². The number of hydrogen-bond donors (Lipinski definition) is 1. The molecule has 66 valence electrons. The van der Waals surface area contributed by atoms with E-state index in [9.17, 15) is 4.79 Å². The number of aryl methyl sites for hydroxylation is 1. The van der Waals surface area contributed by atoms with E-state index >= 15 is 0 Å². The molecule has 2 nitrogen and oxygen atoms in total. The van der Waals surface area contributed by atoms with Gasteiger partial charge in [-0.15, -0.1) is 11.3 Å². The van der Waals surface area contributed by atoms with Crippen molar-refractivity contribution < 1.29 is 9.90 Å². The molecule has 1 aromatic heterocycles. The first-order chi connectivity index (χ1) is 5.59. The molecule has 1 heterocycles. The SMILES string of the molecule is Cc1ccc([C@@H](C)CC(=O)O)s1. The molecule has 0 aliphatic carbocycles. The van der Waals surface area contributed by atoms with E-state index in [1.807, 2.05) is 26.0 Å². The fraction of sp³-hybridized carbons (Fsp3) is 0.444. The van der Waals surface area contributed by atoms with E-state index in [0.29, 0.717) is 0 Å². The van der Waals surface area contributed by atoms with Crippen molar-refractivity contribution in [3.63, 3.8) is 0 Å². The highest BCUT2D eigenvalue weighted by Gasteiger charge is 2.11. The molecule has 0 aromatic carbocycles. The molecule has 3 heteroatoms. The van der Waals surface area contributed by atoms with Crippen molar-refractivity contribution in [3.8, 4) is 0 Å². The van der Waals surface area contributed by atoms with Gasteiger partial charge in [0.15, 0.2) is 0 Å². The Bertz CT molecular complexity index is 278. The molecule has 0 fully saturated rings. The van der Waals surface area contributed by atoms with Crippen LogP contribution in [0.5, 0.6) is 0 Å². The van der Waals surface area contributed by atoms with Crippen molar-refractivity contribution >= 4 is 17.3 Å². The van der Waals surface area contributed by atoms with Crippen LogP contribution >= 0.6 is 11.3 Å². The van der Waals surface area contributed by atoms with Gasteiger partial charge in [-0.05, 0) is 19.1 Å². The lowest BCUT2D eigenvalue weighted by molar-refractivity contribution is -0.137. The minimum absolute atomic E-state index is 0.140. The second-order valence-electron chi connectivity index (χ2n) is 2.95. The molecule has 12 heavy (non-hydrogen) atoms. The summed E-state index contributed by atoms with van der Waals surface area (Å²) in [6.45, 7) is 3.97. The predicted octanol–water partition coefficient (Wildman–Crippen LogP) is 2.63. The summed E-state index contributed by atoms with van der Waals surface area (Å²) < 4.78 is 0. The molecule has 0 bridgehead atoms. The Morgan fingerprint density at radius 3 is 2.75 bits per heavy atom. The summed E-state index contributed by atoms with van der Waals surface area (Å²) >= 11 is 1.67. The largest absolute Gasteiger partial charge is 0.481 e. The molecule has 0 aliphatic rings. The molecule has 1 atom stereocenters. The molecule has 1 rings (SSSR count). The Labute approximate surface area is 75.9 Å². The summed E-state index contributed by atoms with van der Waals surface area (Å²) in [5, 5.41) is 8.56. The molecule has 0 spiro atoms. The molecule has 0 saturated carbocycles. The molecule has 0 amide bonds. The molecular weight excluding hydrogens is 172 g/mol. The normalized spacial score (nSPS) is 12.8. The second-order valence-corrected chi connectivity index (χ2v) is 4.27. The molecule has 1 aromatic rings. The van der Waals surface area contributed by atoms with Crippen LogP contribution in [-0.2, 0) is 4.79 Å². The van der Waals surface area contributed by atoms with Gasteiger partial charge < -0.3 is 5.11 Å². The van der Waals surface area contributed by atoms with Crippen LogP contribution in [0.2, 0.25) is 0 Å². The summed E-state index contributed by atoms with van der Waals surface area (Å²) in [7, 11) is 0. The number of thiophene rings is 1. The third-order valence-electron chi connectivity index (χ3n) is 1.73. The molecule has 0 unspecified atom stereocenters. The van der Waals surface area contributed by atoms with Gasteiger partial charge in [-0.1, -0.05) is 6.92 Å². The van der Waals surface area contributed by atoms with Gasteiger partial charge in [0.2, 0.25) is 0 Å². The van der Waals surface area contributed by atoms with E-state index in [-0.39, 0.29) is 12.3 Å². The molecule has 0 saturated heterocycles. The fourth-order valence-corrected chi connectivity index (χ4v) is 2.01. The monoisotopic (exact) mass is 184 g/mol. The average molecular weight is 184 g/mol. The van der Waals surface area contributed by atoms with Crippen molar-refractivity contribution in [1.82, 2.24) is 0 Å². The summed E-state index contributed by atoms with van der Waals surface area (Å²) in [6, 6.07) is 4.03. The van der Waals surface area contributed by atoms with Crippen LogP contribution in [0, 0.1) is 6.92 Å². The zero-order chi connectivity index (χ0) is 9.14. The van der Waals surface area contributed by atoms with E-state index in [1.165, 1.54) is 4.88 Å². The Kier molecular flexibility index (Phi) is 2.87. The third kappa shape index (κ3) is 2.34. The lowest BCUT2D eigenvalue weighted by Crippen LogP contribution is -2.00. The molecule has 1 N–H and O–H groups in total. The topological polar surface area (TPSA) is 37.3 Å². The first kappa shape index (κ1) is 9.26. The maximum atomic E-state index is 10.4. The van der Waals surface area contributed by atoms with Crippen LogP contribution in [0.25, 0.3) is 0 Å². The van der Waals surface area contributed by atoms with Crippen LogP contribution in [0.1, 0.15) is 29.0 Å². The van der Waals surface area contributed by atoms with Gasteiger partial charge in [-0.25, -0.2) is 0 Å². The van der Waals surface area contributed by atoms with Gasteiger partial charge in [0.05, 0.1) is 6.42 Å². The lowest BCUT2D eigenvalue weighted by atomic mass is 10.1. The van der Waals surface area contributed by atoms with Crippen molar-refractivity contribution in [2.75, 3.05) is 0 Å². The maximum Gasteiger partial charge on any atom is 0.303 e. The quantitative estimate of drug-likeness (QED) is 0.784. The number of rotatable bonds is 3. The first-order valence-electron chi connectivity index (χ1n) is 3.87. The van der Waals surface area contributed by atoms with Gasteiger partial charge in [0.1, 0.15) is 0 Å². The molecule has 0 aliphatic heterocycles. The second kappa shape index (κ2) is 3.72. The van der Waals surface area contributed by atoms with Crippen LogP contribution in [0.3, 0.4) is 0 Å². The van der Waals surface area contributed by atoms with Crippen molar-refractivity contribution in [2.45, 2.75) is 26.2 Å². The zero-order valence-corrected chi connectivity index (χ0v) is 8.02. The number of carboxylic acid groups (broad SMARTS) is 1. The number of aliphatic carboxylic acids is 1. The summed E-state index contributed by atoms with van der Waals surface area (Å²) in [5.41, 5.74) is 0. The Balaban J connectivity index is 2.64. The van der Waals surface area contributed by atoms with Gasteiger partial charge in [0, 0.05) is 15.7 Å². The first-order valence-corrected chi connectivity index (χ1v) is 4.69. The third-order valence-corrected chi connectivity index (χ3v) is 2.96. The average Bonchev–Trinajstić information content (AvgIpc) is 2.34. The number of carbonyl (C=O) groups is 1. The highest BCUT2D eigenvalue weighted by molar-refractivity contribution is 7.12. The highest BCUT2D eigenvalue weighted by Crippen LogP contribution is 2.26. The number of carboxylic acids is 1. The van der Waals surface area contributed by atoms with Crippen LogP contribution < -0.4 is 0 Å². The summed E-state index contributed by atoms with van der Waals surface area (Å²) in [5.74, 6) is -0.588. The smallest absolute Gasteiger partial charge is 0.303 e. The summed E-state index contributed by atoms with van der Waals surface area (Å²) in [6.07, 6.45) is 0.222. The van der Waals surface area contributed by atoms with Gasteiger partial charge in [-0.3, -0.25) is 4.79 Å². The minimum atomic E-state index is -0.728. The standard InChI is InChI=1S/C9H12O2S/c1-6(5-9(10)11)8-4-3-7(2)12-8/h3-4,6H,5H2,1-2H3,(H,10,11)/t6-/m0/s1. The van der Waals surface area contributed by atoms with Crippen LogP contribution in [0.4, 0.5) is 0 Å². The van der Waals surface area contributed by atoms with Crippen LogP contribution in [-0.4, -0.2) is 11.1 Å². The van der Waals surface area contributed by atoms with E-state index in [4.69, 9.17) is 5.11 Å². The van der Waals surface area contributed by atoms with E-state index in [1.54, 1.807) is 11.3 Å². The van der Waals surface area contributed by atoms with Gasteiger partial charge >= 0.3 is 5.97 Å². The Morgan fingerprint density at radius 2 is 2.33 bits per heavy atom. The lowest BCUT2D eigenvalue weighted by Gasteiger charge is -2.03. The Morgan fingerprint density at radius 1 is 1.67 bits per heavy atom. The highest BCUT2D eigenvalue weighted by atomic mass is 32.1. The Hall–Kier alpha value is -0.830. The summed E-state index contributed by atoms with van der Waals surface area (Å²) in [4.78, 5) is 12.8. The van der Waals surface area contributed by atoms with E-state index < -0.39 is 5.97 Å². The van der Waals surface area contributed by atoms with Gasteiger partial charge in [-0.2, -0.15) is 0 Å². The maximum absolute atomic E-state index is 10.4. The van der Waals surface area contributed by atoms with Crippen molar-refractivity contribution in [1.29, 1.82) is 0 Å². The zero-order valence-electron chi connectivity index (χ0n) is 7.20. The van der Waals surface area contributed by atoms with E-state index in [2.05, 4.69) is 0 Å². The fourth-order valence-electron chi connectivity index (χ4n) is 1.08. The minimum Gasteiger partial charge on any atom is -0.481 e. The molecular formula is C9H12O2S. The molecule has 0 radical (unpaired) electrons. The van der Waals surface area contributed by atoms with E-state index in [0.717, 1.165) is 4.88 Å². The number of hydrogen-bond acceptors (Lipinski definition) is 2. The predicted molar refractivity (Wildman–Crippen MR) is 49.7 cm³/mol. The van der Waals surface area contributed by atoms with Crippen molar-refractivity contribution in [3.05, 3.63) is 21.9 Å². The van der Waals surface area contributed by atoms with Gasteiger partial charge in [0.25, 0.3) is 0 Å².